The molecule has 18 heavy (non-hydrogen) atoms. The summed E-state index contributed by atoms with van der Waals surface area (Å²) in [5.74, 6) is 2.70. The van der Waals surface area contributed by atoms with Gasteiger partial charge < -0.3 is 15.6 Å². The molecule has 1 aromatic heterocycles. The summed E-state index contributed by atoms with van der Waals surface area (Å²) in [6.07, 6.45) is 3.40. The van der Waals surface area contributed by atoms with E-state index >= 15 is 0 Å². The van der Waals surface area contributed by atoms with Gasteiger partial charge in [0.15, 0.2) is 0 Å². The van der Waals surface area contributed by atoms with E-state index in [2.05, 4.69) is 21.8 Å². The number of aromatic amines is 1. The summed E-state index contributed by atoms with van der Waals surface area (Å²) in [5.41, 5.74) is 5.80. The van der Waals surface area contributed by atoms with Gasteiger partial charge in [0.25, 0.3) is 5.56 Å². The lowest BCUT2D eigenvalue weighted by Gasteiger charge is -2.26. The maximum Gasteiger partial charge on any atom is 0.252 e. The molecule has 0 amide bonds. The molecule has 0 bridgehead atoms. The summed E-state index contributed by atoms with van der Waals surface area (Å²) in [6, 6.07) is 1.92. The second-order valence-electron chi connectivity index (χ2n) is 5.53. The number of rotatable bonds is 3. The van der Waals surface area contributed by atoms with Crippen LogP contribution < -0.4 is 16.2 Å². The quantitative estimate of drug-likeness (QED) is 0.830. The Labute approximate surface area is 106 Å². The van der Waals surface area contributed by atoms with Crippen LogP contribution in [0.2, 0.25) is 0 Å². The Balaban J connectivity index is 1.93. The zero-order chi connectivity index (χ0) is 12.7. The molecule has 2 atom stereocenters. The highest BCUT2D eigenvalue weighted by atomic mass is 16.1. The van der Waals surface area contributed by atoms with Gasteiger partial charge in [0.2, 0.25) is 0 Å². The Morgan fingerprint density at radius 3 is 2.94 bits per heavy atom. The van der Waals surface area contributed by atoms with Crippen LogP contribution in [0.4, 0.5) is 5.82 Å². The maximum absolute atomic E-state index is 11.7. The third kappa shape index (κ3) is 2.03. The zero-order valence-corrected chi connectivity index (χ0v) is 10.7. The molecule has 1 aliphatic carbocycles. The van der Waals surface area contributed by atoms with Gasteiger partial charge in [-0.25, -0.2) is 4.98 Å². The molecule has 0 spiro atoms. The van der Waals surface area contributed by atoms with Crippen molar-refractivity contribution in [1.82, 2.24) is 9.97 Å². The molecule has 1 aliphatic heterocycles. The summed E-state index contributed by atoms with van der Waals surface area (Å²) >= 11 is 0. The topological polar surface area (TPSA) is 75.0 Å². The molecule has 5 nitrogen and oxygen atoms in total. The van der Waals surface area contributed by atoms with Gasteiger partial charge in [0, 0.05) is 31.1 Å². The summed E-state index contributed by atoms with van der Waals surface area (Å²) in [5, 5.41) is 0. The SMILES string of the molecule is CC1CCN(c2cc(=O)[nH]c(C3CC3)n2)C1CN. The van der Waals surface area contributed by atoms with Crippen LogP contribution in [0, 0.1) is 5.92 Å². The fourth-order valence-corrected chi connectivity index (χ4v) is 2.81. The van der Waals surface area contributed by atoms with Gasteiger partial charge in [0.1, 0.15) is 11.6 Å². The third-order valence-corrected chi connectivity index (χ3v) is 4.13. The molecule has 1 saturated carbocycles. The van der Waals surface area contributed by atoms with E-state index in [-0.39, 0.29) is 5.56 Å². The monoisotopic (exact) mass is 248 g/mol. The van der Waals surface area contributed by atoms with E-state index in [9.17, 15) is 4.79 Å². The first-order valence-electron chi connectivity index (χ1n) is 6.77. The van der Waals surface area contributed by atoms with Crippen LogP contribution in [0.1, 0.15) is 37.9 Å². The lowest BCUT2D eigenvalue weighted by molar-refractivity contribution is 0.517. The Bertz CT molecular complexity index is 494. The minimum absolute atomic E-state index is 0.0442. The van der Waals surface area contributed by atoms with Gasteiger partial charge in [0.05, 0.1) is 0 Å². The molecular weight excluding hydrogens is 228 g/mol. The number of H-pyrrole nitrogens is 1. The van der Waals surface area contributed by atoms with Crippen LogP contribution in [-0.4, -0.2) is 29.1 Å². The van der Waals surface area contributed by atoms with Crippen molar-refractivity contribution in [2.75, 3.05) is 18.0 Å². The zero-order valence-electron chi connectivity index (χ0n) is 10.7. The van der Waals surface area contributed by atoms with E-state index in [4.69, 9.17) is 5.73 Å². The van der Waals surface area contributed by atoms with Crippen molar-refractivity contribution in [1.29, 1.82) is 0 Å². The molecule has 5 heteroatoms. The normalized spacial score (nSPS) is 27.8. The average molecular weight is 248 g/mol. The highest BCUT2D eigenvalue weighted by molar-refractivity contribution is 5.41. The van der Waals surface area contributed by atoms with E-state index in [1.54, 1.807) is 6.07 Å². The lowest BCUT2D eigenvalue weighted by Crippen LogP contribution is -2.39. The van der Waals surface area contributed by atoms with E-state index in [0.717, 1.165) is 37.4 Å². The van der Waals surface area contributed by atoms with Gasteiger partial charge in [-0.05, 0) is 25.2 Å². The predicted molar refractivity (Wildman–Crippen MR) is 70.8 cm³/mol. The Morgan fingerprint density at radius 1 is 1.50 bits per heavy atom. The maximum atomic E-state index is 11.7. The van der Waals surface area contributed by atoms with Crippen molar-refractivity contribution in [3.05, 3.63) is 22.2 Å². The largest absolute Gasteiger partial charge is 0.352 e. The van der Waals surface area contributed by atoms with Crippen LogP contribution >= 0.6 is 0 Å². The van der Waals surface area contributed by atoms with Gasteiger partial charge >= 0.3 is 0 Å². The number of hydrogen-bond donors (Lipinski definition) is 2. The van der Waals surface area contributed by atoms with Crippen LogP contribution in [0.25, 0.3) is 0 Å². The van der Waals surface area contributed by atoms with Crippen LogP contribution in [0.3, 0.4) is 0 Å². The van der Waals surface area contributed by atoms with Crippen LogP contribution in [-0.2, 0) is 0 Å². The third-order valence-electron chi connectivity index (χ3n) is 4.13. The number of hydrogen-bond acceptors (Lipinski definition) is 4. The highest BCUT2D eigenvalue weighted by Gasteiger charge is 2.32. The number of nitrogens with one attached hydrogen (secondary N) is 1. The average Bonchev–Trinajstić information content (AvgIpc) is 3.12. The van der Waals surface area contributed by atoms with Gasteiger partial charge in [-0.15, -0.1) is 0 Å². The first-order valence-corrected chi connectivity index (χ1v) is 6.77. The minimum Gasteiger partial charge on any atom is -0.352 e. The predicted octanol–water partition coefficient (Wildman–Crippen LogP) is 0.821. The number of anilines is 1. The molecule has 2 aliphatic rings. The van der Waals surface area contributed by atoms with Crippen LogP contribution in [0.15, 0.2) is 10.9 Å². The molecule has 2 heterocycles. The van der Waals surface area contributed by atoms with Crippen molar-refractivity contribution in [3.63, 3.8) is 0 Å². The number of nitrogens with two attached hydrogens (primary N) is 1. The fraction of sp³-hybridized carbons (Fsp3) is 0.692. The Kier molecular flexibility index (Phi) is 2.86. The minimum atomic E-state index is -0.0442. The van der Waals surface area contributed by atoms with Gasteiger partial charge in [-0.2, -0.15) is 0 Å². The van der Waals surface area contributed by atoms with Gasteiger partial charge in [-0.3, -0.25) is 4.79 Å². The second kappa shape index (κ2) is 4.39. The molecule has 0 radical (unpaired) electrons. The first-order chi connectivity index (χ1) is 8.69. The lowest BCUT2D eigenvalue weighted by atomic mass is 10.0. The summed E-state index contributed by atoms with van der Waals surface area (Å²) in [6.45, 7) is 3.78. The second-order valence-corrected chi connectivity index (χ2v) is 5.53. The van der Waals surface area contributed by atoms with Crippen molar-refractivity contribution in [3.8, 4) is 0 Å². The highest BCUT2D eigenvalue weighted by Crippen LogP contribution is 2.38. The summed E-state index contributed by atoms with van der Waals surface area (Å²) < 4.78 is 0. The van der Waals surface area contributed by atoms with Crippen molar-refractivity contribution in [2.24, 2.45) is 11.7 Å². The molecule has 2 unspecified atom stereocenters. The van der Waals surface area contributed by atoms with Crippen LogP contribution in [0.5, 0.6) is 0 Å². The molecule has 3 rings (SSSR count). The molecular formula is C13H20N4O. The summed E-state index contributed by atoms with van der Waals surface area (Å²) in [4.78, 5) is 21.4. The van der Waals surface area contributed by atoms with Gasteiger partial charge in [-0.1, -0.05) is 6.92 Å². The summed E-state index contributed by atoms with van der Waals surface area (Å²) in [7, 11) is 0. The molecule has 0 aromatic carbocycles. The first kappa shape index (κ1) is 11.7. The molecule has 2 fully saturated rings. The van der Waals surface area contributed by atoms with E-state index in [1.165, 1.54) is 0 Å². The fourth-order valence-electron chi connectivity index (χ4n) is 2.81. The molecule has 98 valence electrons. The molecule has 1 saturated heterocycles. The number of nitrogens with zero attached hydrogens (tertiary/aromatic N) is 2. The van der Waals surface area contributed by atoms with E-state index in [1.807, 2.05) is 0 Å². The number of aromatic nitrogens is 2. The Morgan fingerprint density at radius 2 is 2.28 bits per heavy atom. The van der Waals surface area contributed by atoms with Crippen molar-refractivity contribution >= 4 is 5.82 Å². The smallest absolute Gasteiger partial charge is 0.252 e. The molecule has 3 N–H and O–H groups in total. The molecule has 1 aromatic rings. The standard InChI is InChI=1S/C13H20N4O/c1-8-4-5-17(10(8)7-14)11-6-12(18)16-13(15-11)9-2-3-9/h6,8-10H,2-5,7,14H2,1H3,(H,15,16,18). The van der Waals surface area contributed by atoms with E-state index in [0.29, 0.717) is 24.4 Å². The van der Waals surface area contributed by atoms with Crippen molar-refractivity contribution < 1.29 is 0 Å². The Hall–Kier alpha value is -1.36. The van der Waals surface area contributed by atoms with Crippen molar-refractivity contribution in [2.45, 2.75) is 38.1 Å². The van der Waals surface area contributed by atoms with E-state index < -0.39 is 0 Å².